The van der Waals surface area contributed by atoms with Gasteiger partial charge in [0.1, 0.15) is 0 Å². The van der Waals surface area contributed by atoms with Crippen molar-refractivity contribution in [3.8, 4) is 0 Å². The molecule has 0 saturated heterocycles. The van der Waals surface area contributed by atoms with Crippen molar-refractivity contribution in [3.63, 3.8) is 0 Å². The first-order valence-electron chi connectivity index (χ1n) is 6.78. The lowest BCUT2D eigenvalue weighted by molar-refractivity contribution is -0.121. The number of nitrogens with zero attached hydrogens (tertiary/aromatic N) is 1. The molecule has 0 rings (SSSR count). The van der Waals surface area contributed by atoms with Crippen LogP contribution in [0.3, 0.4) is 0 Å². The molecule has 3 N–H and O–H groups in total. The Morgan fingerprint density at radius 3 is 2.29 bits per heavy atom. The Morgan fingerprint density at radius 2 is 1.88 bits per heavy atom. The molecule has 0 spiro atoms. The molecule has 4 nitrogen and oxygen atoms in total. The van der Waals surface area contributed by atoms with Gasteiger partial charge in [-0.3, -0.25) is 10.2 Å². The van der Waals surface area contributed by atoms with E-state index in [2.05, 4.69) is 38.0 Å². The molecule has 0 aliphatic carbocycles. The van der Waals surface area contributed by atoms with Crippen molar-refractivity contribution >= 4 is 5.91 Å². The Kier molecular flexibility index (Phi) is 9.09. The lowest BCUT2D eigenvalue weighted by Crippen LogP contribution is -2.38. The first-order valence-corrected chi connectivity index (χ1v) is 6.78. The zero-order valence-corrected chi connectivity index (χ0v) is 11.8. The number of carbonyl (C=O) groups excluding carboxylic acids is 1. The van der Waals surface area contributed by atoms with Gasteiger partial charge in [-0.25, -0.2) is 5.84 Å². The molecule has 0 aliphatic rings. The zero-order chi connectivity index (χ0) is 13.3. The van der Waals surface area contributed by atoms with Crippen molar-refractivity contribution in [2.24, 2.45) is 11.8 Å². The number of nitrogens with one attached hydrogen (secondary N) is 1. The van der Waals surface area contributed by atoms with Gasteiger partial charge in [-0.2, -0.15) is 0 Å². The number of hydrogen-bond donors (Lipinski definition) is 2. The van der Waals surface area contributed by atoms with E-state index in [-0.39, 0.29) is 5.91 Å². The number of hydrogen-bond acceptors (Lipinski definition) is 3. The van der Waals surface area contributed by atoms with E-state index in [0.717, 1.165) is 19.5 Å². The lowest BCUT2D eigenvalue weighted by Gasteiger charge is -2.31. The van der Waals surface area contributed by atoms with E-state index >= 15 is 0 Å². The average Bonchev–Trinajstić information content (AvgIpc) is 2.29. The third-order valence-electron chi connectivity index (χ3n) is 3.07. The van der Waals surface area contributed by atoms with Crippen molar-refractivity contribution < 1.29 is 4.79 Å². The summed E-state index contributed by atoms with van der Waals surface area (Å²) < 4.78 is 0. The van der Waals surface area contributed by atoms with Gasteiger partial charge in [0.25, 0.3) is 0 Å². The van der Waals surface area contributed by atoms with Crippen LogP contribution in [0.5, 0.6) is 0 Å². The minimum atomic E-state index is -0.0703. The molecule has 0 unspecified atom stereocenters. The summed E-state index contributed by atoms with van der Waals surface area (Å²) in [5.74, 6) is 5.66. The molecule has 0 aromatic heterocycles. The Balaban J connectivity index is 4.13. The maximum Gasteiger partial charge on any atom is 0.233 e. The third-order valence-corrected chi connectivity index (χ3v) is 3.07. The number of carbonyl (C=O) groups is 1. The predicted octanol–water partition coefficient (Wildman–Crippen LogP) is 1.90. The average molecular weight is 243 g/mol. The normalized spacial score (nSPS) is 11.5. The molecule has 102 valence electrons. The van der Waals surface area contributed by atoms with Gasteiger partial charge in [0.05, 0.1) is 0 Å². The van der Waals surface area contributed by atoms with Crippen molar-refractivity contribution in [1.82, 2.24) is 10.3 Å². The molecular formula is C13H29N3O. The largest absolute Gasteiger partial charge is 0.300 e. The van der Waals surface area contributed by atoms with Gasteiger partial charge in [0.15, 0.2) is 0 Å². The molecule has 0 atom stereocenters. The van der Waals surface area contributed by atoms with Crippen LogP contribution in [0.4, 0.5) is 0 Å². The quantitative estimate of drug-likeness (QED) is 0.369. The molecule has 0 aromatic rings. The molecule has 4 heteroatoms. The molecule has 0 radical (unpaired) electrons. The van der Waals surface area contributed by atoms with Crippen LogP contribution < -0.4 is 11.3 Å². The maximum atomic E-state index is 11.1. The Hall–Kier alpha value is -0.610. The van der Waals surface area contributed by atoms with E-state index in [1.807, 2.05) is 0 Å². The van der Waals surface area contributed by atoms with Crippen molar-refractivity contribution in [3.05, 3.63) is 0 Å². The fourth-order valence-corrected chi connectivity index (χ4v) is 2.21. The van der Waals surface area contributed by atoms with Crippen molar-refractivity contribution in [1.29, 1.82) is 0 Å². The van der Waals surface area contributed by atoms with E-state index in [1.165, 1.54) is 12.8 Å². The summed E-state index contributed by atoms with van der Waals surface area (Å²) in [5.41, 5.74) is 2.18. The predicted molar refractivity (Wildman–Crippen MR) is 72.3 cm³/mol. The van der Waals surface area contributed by atoms with Crippen LogP contribution in [0.15, 0.2) is 0 Å². The fraction of sp³-hybridized carbons (Fsp3) is 0.923. The number of amides is 1. The SMILES string of the molecule is CCC(CC)N(CCCC(=O)NN)CC(C)C. The van der Waals surface area contributed by atoms with Gasteiger partial charge in [0, 0.05) is 19.0 Å². The van der Waals surface area contributed by atoms with E-state index in [0.29, 0.717) is 18.4 Å². The summed E-state index contributed by atoms with van der Waals surface area (Å²) in [6, 6.07) is 0.637. The molecule has 0 bridgehead atoms. The molecule has 17 heavy (non-hydrogen) atoms. The zero-order valence-electron chi connectivity index (χ0n) is 11.8. The van der Waals surface area contributed by atoms with Gasteiger partial charge < -0.3 is 4.90 Å². The van der Waals surface area contributed by atoms with E-state index < -0.39 is 0 Å². The standard InChI is InChI=1S/C13H29N3O/c1-5-12(6-2)16(10-11(3)4)9-7-8-13(17)15-14/h11-12H,5-10,14H2,1-4H3,(H,15,17). The van der Waals surface area contributed by atoms with Crippen LogP contribution >= 0.6 is 0 Å². The van der Waals surface area contributed by atoms with Gasteiger partial charge in [-0.15, -0.1) is 0 Å². The summed E-state index contributed by atoms with van der Waals surface area (Å²) in [5, 5.41) is 0. The molecule has 0 aromatic carbocycles. The van der Waals surface area contributed by atoms with Crippen molar-refractivity contribution in [2.75, 3.05) is 13.1 Å². The number of nitrogens with two attached hydrogens (primary N) is 1. The summed E-state index contributed by atoms with van der Waals surface area (Å²) >= 11 is 0. The molecule has 0 heterocycles. The highest BCUT2D eigenvalue weighted by Gasteiger charge is 2.16. The highest BCUT2D eigenvalue weighted by Crippen LogP contribution is 2.12. The van der Waals surface area contributed by atoms with E-state index in [9.17, 15) is 4.79 Å². The van der Waals surface area contributed by atoms with Gasteiger partial charge in [0.2, 0.25) is 5.91 Å². The van der Waals surface area contributed by atoms with E-state index in [1.54, 1.807) is 0 Å². The molecule has 0 fully saturated rings. The van der Waals surface area contributed by atoms with E-state index in [4.69, 9.17) is 5.84 Å². The second-order valence-corrected chi connectivity index (χ2v) is 5.03. The van der Waals surface area contributed by atoms with Crippen LogP contribution in [0.2, 0.25) is 0 Å². The Morgan fingerprint density at radius 1 is 1.29 bits per heavy atom. The lowest BCUT2D eigenvalue weighted by atomic mass is 10.1. The number of hydrazine groups is 1. The van der Waals surface area contributed by atoms with Crippen LogP contribution in [-0.4, -0.2) is 29.9 Å². The summed E-state index contributed by atoms with van der Waals surface area (Å²) in [7, 11) is 0. The molecule has 1 amide bonds. The molecule has 0 aliphatic heterocycles. The van der Waals surface area contributed by atoms with Gasteiger partial charge in [-0.1, -0.05) is 27.7 Å². The summed E-state index contributed by atoms with van der Waals surface area (Å²) in [6.45, 7) is 11.0. The highest BCUT2D eigenvalue weighted by atomic mass is 16.2. The smallest absolute Gasteiger partial charge is 0.233 e. The minimum absolute atomic E-state index is 0.0703. The summed E-state index contributed by atoms with van der Waals surface area (Å²) in [6.07, 6.45) is 3.75. The van der Waals surface area contributed by atoms with Crippen LogP contribution in [-0.2, 0) is 4.79 Å². The minimum Gasteiger partial charge on any atom is -0.300 e. The topological polar surface area (TPSA) is 58.4 Å². The van der Waals surface area contributed by atoms with Crippen molar-refractivity contribution in [2.45, 2.75) is 59.4 Å². The fourth-order valence-electron chi connectivity index (χ4n) is 2.21. The first-order chi connectivity index (χ1) is 8.04. The van der Waals surface area contributed by atoms with Crippen LogP contribution in [0.1, 0.15) is 53.4 Å². The monoisotopic (exact) mass is 243 g/mol. The van der Waals surface area contributed by atoms with Gasteiger partial charge in [-0.05, 0) is 31.7 Å². The highest BCUT2D eigenvalue weighted by molar-refractivity contribution is 5.75. The Labute approximate surface area is 106 Å². The second-order valence-electron chi connectivity index (χ2n) is 5.03. The number of rotatable bonds is 9. The molecular weight excluding hydrogens is 214 g/mol. The van der Waals surface area contributed by atoms with Crippen LogP contribution in [0.25, 0.3) is 0 Å². The van der Waals surface area contributed by atoms with Crippen LogP contribution in [0, 0.1) is 5.92 Å². The maximum absolute atomic E-state index is 11.1. The molecule has 0 saturated carbocycles. The Bertz CT molecular complexity index is 203. The summed E-state index contributed by atoms with van der Waals surface area (Å²) in [4.78, 5) is 13.6. The third kappa shape index (κ3) is 7.34. The first kappa shape index (κ1) is 16.4. The second kappa shape index (κ2) is 9.42. The van der Waals surface area contributed by atoms with Gasteiger partial charge >= 0.3 is 0 Å².